The lowest BCUT2D eigenvalue weighted by Crippen LogP contribution is -2.17. The molecule has 2 aromatic rings. The van der Waals surface area contributed by atoms with Crippen LogP contribution < -0.4 is 10.1 Å². The predicted molar refractivity (Wildman–Crippen MR) is 82.3 cm³/mol. The van der Waals surface area contributed by atoms with Gasteiger partial charge in [-0.15, -0.1) is 0 Å². The Morgan fingerprint density at radius 2 is 1.84 bits per heavy atom. The summed E-state index contributed by atoms with van der Waals surface area (Å²) < 4.78 is 5.84. The van der Waals surface area contributed by atoms with Gasteiger partial charge in [-0.3, -0.25) is 0 Å². The molecule has 1 aliphatic rings. The maximum Gasteiger partial charge on any atom is 0.129 e. The second-order valence-corrected chi connectivity index (χ2v) is 5.80. The molecule has 19 heavy (non-hydrogen) atoms. The van der Waals surface area contributed by atoms with Crippen molar-refractivity contribution in [1.29, 1.82) is 0 Å². The molecular formula is C16H17NOS. The van der Waals surface area contributed by atoms with Gasteiger partial charge in [-0.25, -0.2) is 0 Å². The van der Waals surface area contributed by atoms with Gasteiger partial charge in [-0.1, -0.05) is 24.3 Å². The molecule has 0 amide bonds. The molecule has 0 spiro atoms. The van der Waals surface area contributed by atoms with Crippen LogP contribution >= 0.6 is 11.8 Å². The maximum absolute atomic E-state index is 5.84. The minimum Gasteiger partial charge on any atom is -0.457 e. The van der Waals surface area contributed by atoms with Crippen molar-refractivity contribution >= 4 is 17.4 Å². The van der Waals surface area contributed by atoms with Crippen LogP contribution in [0.15, 0.2) is 54.6 Å². The van der Waals surface area contributed by atoms with Crippen molar-refractivity contribution in [3.8, 4) is 11.5 Å². The van der Waals surface area contributed by atoms with E-state index < -0.39 is 0 Å². The van der Waals surface area contributed by atoms with Crippen LogP contribution in [0.2, 0.25) is 0 Å². The first-order valence-electron chi connectivity index (χ1n) is 6.57. The lowest BCUT2D eigenvalue weighted by atomic mass is 10.2. The highest BCUT2D eigenvalue weighted by Crippen LogP contribution is 2.26. The minimum absolute atomic E-state index is 0.594. The fourth-order valence-corrected chi connectivity index (χ4v) is 3.31. The summed E-state index contributed by atoms with van der Waals surface area (Å²) in [5, 5.41) is 3.57. The number of thioether (sulfide) groups is 1. The van der Waals surface area contributed by atoms with Gasteiger partial charge in [0.15, 0.2) is 0 Å². The lowest BCUT2D eigenvalue weighted by Gasteiger charge is -2.14. The predicted octanol–water partition coefficient (Wildman–Crippen LogP) is 4.40. The van der Waals surface area contributed by atoms with E-state index in [0.717, 1.165) is 17.2 Å². The molecule has 2 aromatic carbocycles. The van der Waals surface area contributed by atoms with Gasteiger partial charge in [0, 0.05) is 23.5 Å². The average Bonchev–Trinajstić information content (AvgIpc) is 2.93. The molecule has 1 unspecified atom stereocenters. The molecule has 3 heteroatoms. The van der Waals surface area contributed by atoms with Crippen LogP contribution in [0.4, 0.5) is 5.69 Å². The second-order valence-electron chi connectivity index (χ2n) is 4.65. The summed E-state index contributed by atoms with van der Waals surface area (Å²) in [6, 6.07) is 18.7. The van der Waals surface area contributed by atoms with Crippen LogP contribution in [0, 0.1) is 0 Å². The van der Waals surface area contributed by atoms with Gasteiger partial charge in [-0.05, 0) is 36.4 Å². The first-order valence-corrected chi connectivity index (χ1v) is 7.73. The van der Waals surface area contributed by atoms with E-state index in [2.05, 4.69) is 17.4 Å². The molecule has 0 aliphatic carbocycles. The van der Waals surface area contributed by atoms with Crippen LogP contribution in [0.5, 0.6) is 11.5 Å². The molecule has 3 rings (SSSR count). The quantitative estimate of drug-likeness (QED) is 0.890. The number of para-hydroxylation sites is 1. The van der Waals surface area contributed by atoms with Crippen LogP contribution in [0.1, 0.15) is 6.42 Å². The van der Waals surface area contributed by atoms with E-state index in [0.29, 0.717) is 6.04 Å². The fraction of sp³-hybridized carbons (Fsp3) is 0.250. The Balaban J connectivity index is 1.69. The van der Waals surface area contributed by atoms with E-state index in [9.17, 15) is 0 Å². The normalized spacial score (nSPS) is 18.2. The molecule has 0 saturated carbocycles. The Bertz CT molecular complexity index is 523. The van der Waals surface area contributed by atoms with E-state index in [-0.39, 0.29) is 0 Å². The molecule has 0 radical (unpaired) electrons. The summed E-state index contributed by atoms with van der Waals surface area (Å²) in [7, 11) is 0. The smallest absolute Gasteiger partial charge is 0.129 e. The monoisotopic (exact) mass is 271 g/mol. The molecule has 1 N–H and O–H groups in total. The van der Waals surface area contributed by atoms with E-state index in [1.807, 2.05) is 54.2 Å². The third-order valence-electron chi connectivity index (χ3n) is 3.11. The van der Waals surface area contributed by atoms with Gasteiger partial charge in [0.2, 0.25) is 0 Å². The second kappa shape index (κ2) is 6.02. The maximum atomic E-state index is 5.84. The summed E-state index contributed by atoms with van der Waals surface area (Å²) in [4.78, 5) is 0. The zero-order valence-corrected chi connectivity index (χ0v) is 11.5. The number of benzene rings is 2. The Morgan fingerprint density at radius 1 is 1.00 bits per heavy atom. The highest BCUT2D eigenvalue weighted by Gasteiger charge is 2.14. The van der Waals surface area contributed by atoms with Gasteiger partial charge in [0.25, 0.3) is 0 Å². The molecule has 0 aromatic heterocycles. The van der Waals surface area contributed by atoms with Gasteiger partial charge in [-0.2, -0.15) is 11.8 Å². The van der Waals surface area contributed by atoms with Crippen molar-refractivity contribution in [2.24, 2.45) is 0 Å². The molecule has 1 saturated heterocycles. The van der Waals surface area contributed by atoms with Crippen molar-refractivity contribution in [3.63, 3.8) is 0 Å². The minimum atomic E-state index is 0.594. The molecule has 0 bridgehead atoms. The van der Waals surface area contributed by atoms with E-state index >= 15 is 0 Å². The summed E-state index contributed by atoms with van der Waals surface area (Å²) in [6.45, 7) is 0. The number of nitrogens with one attached hydrogen (secondary N) is 1. The lowest BCUT2D eigenvalue weighted by molar-refractivity contribution is 0.483. The zero-order chi connectivity index (χ0) is 12.9. The summed E-state index contributed by atoms with van der Waals surface area (Å²) >= 11 is 2.01. The third kappa shape index (κ3) is 3.44. The van der Waals surface area contributed by atoms with E-state index in [4.69, 9.17) is 4.74 Å². The molecule has 98 valence electrons. The highest BCUT2D eigenvalue weighted by atomic mass is 32.2. The van der Waals surface area contributed by atoms with Crippen molar-refractivity contribution < 1.29 is 4.74 Å². The molecule has 1 aliphatic heterocycles. The van der Waals surface area contributed by atoms with E-state index in [1.54, 1.807) is 0 Å². The van der Waals surface area contributed by atoms with Crippen molar-refractivity contribution in [3.05, 3.63) is 54.6 Å². The molecule has 2 nitrogen and oxygen atoms in total. The van der Waals surface area contributed by atoms with Crippen molar-refractivity contribution in [2.45, 2.75) is 12.5 Å². The van der Waals surface area contributed by atoms with Crippen molar-refractivity contribution in [1.82, 2.24) is 0 Å². The summed E-state index contributed by atoms with van der Waals surface area (Å²) in [5.74, 6) is 4.21. The average molecular weight is 271 g/mol. The number of anilines is 1. The Labute approximate surface area is 118 Å². The third-order valence-corrected chi connectivity index (χ3v) is 4.28. The number of hydrogen-bond acceptors (Lipinski definition) is 3. The number of rotatable bonds is 4. The van der Waals surface area contributed by atoms with E-state index in [1.165, 1.54) is 17.9 Å². The fourth-order valence-electron chi connectivity index (χ4n) is 2.16. The van der Waals surface area contributed by atoms with Gasteiger partial charge >= 0.3 is 0 Å². The zero-order valence-electron chi connectivity index (χ0n) is 10.7. The Kier molecular flexibility index (Phi) is 3.94. The first-order chi connectivity index (χ1) is 9.40. The molecule has 1 fully saturated rings. The van der Waals surface area contributed by atoms with Crippen molar-refractivity contribution in [2.75, 3.05) is 16.8 Å². The molecular weight excluding hydrogens is 254 g/mol. The highest BCUT2D eigenvalue weighted by molar-refractivity contribution is 7.99. The summed E-state index contributed by atoms with van der Waals surface area (Å²) in [6.07, 6.45) is 1.24. The topological polar surface area (TPSA) is 21.3 Å². The standard InChI is InChI=1S/C16H17NOS/c1-2-6-15(7-3-1)18-16-8-4-5-13(11-16)17-14-9-10-19-12-14/h1-8,11,14,17H,9-10,12H2. The number of hydrogen-bond donors (Lipinski definition) is 1. The van der Waals surface area contributed by atoms with Crippen LogP contribution in [-0.4, -0.2) is 17.5 Å². The SMILES string of the molecule is c1ccc(Oc2cccc(NC3CCSC3)c2)cc1. The summed E-state index contributed by atoms with van der Waals surface area (Å²) in [5.41, 5.74) is 1.14. The Hall–Kier alpha value is -1.61. The van der Waals surface area contributed by atoms with Crippen LogP contribution in [0.25, 0.3) is 0 Å². The molecule has 1 atom stereocenters. The number of ether oxygens (including phenoxy) is 1. The van der Waals surface area contributed by atoms with Gasteiger partial charge in [0.05, 0.1) is 0 Å². The van der Waals surface area contributed by atoms with Crippen LogP contribution in [-0.2, 0) is 0 Å². The van der Waals surface area contributed by atoms with Gasteiger partial charge in [0.1, 0.15) is 11.5 Å². The van der Waals surface area contributed by atoms with Crippen LogP contribution in [0.3, 0.4) is 0 Å². The van der Waals surface area contributed by atoms with Gasteiger partial charge < -0.3 is 10.1 Å². The first kappa shape index (κ1) is 12.4. The molecule has 1 heterocycles. The largest absolute Gasteiger partial charge is 0.457 e. The Morgan fingerprint density at radius 3 is 2.63 bits per heavy atom.